The highest BCUT2D eigenvalue weighted by Gasteiger charge is 2.60. The zero-order valence-electron chi connectivity index (χ0n) is 80.1. The molecule has 2 saturated carbocycles. The van der Waals surface area contributed by atoms with Gasteiger partial charge in [0.2, 0.25) is 0 Å². The predicted molar refractivity (Wildman–Crippen MR) is 506 cm³/mol. The first-order valence-electron chi connectivity index (χ1n) is 48.7. The number of rotatable bonds is 36. The fourth-order valence-corrected chi connectivity index (χ4v) is 19.0. The highest BCUT2D eigenvalue weighted by Crippen LogP contribution is 2.44. The molecule has 7 aliphatic heterocycles. The van der Waals surface area contributed by atoms with Gasteiger partial charge in [-0.15, -0.1) is 13.2 Å². The fourth-order valence-electron chi connectivity index (χ4n) is 19.0. The van der Waals surface area contributed by atoms with Crippen molar-refractivity contribution in [1.29, 1.82) is 0 Å². The van der Waals surface area contributed by atoms with E-state index in [9.17, 15) is 59.7 Å². The van der Waals surface area contributed by atoms with Crippen LogP contribution in [0.25, 0.3) is 0 Å². The second-order valence-electron chi connectivity index (χ2n) is 36.6. The highest BCUT2D eigenvalue weighted by molar-refractivity contribution is 5.70. The van der Waals surface area contributed by atoms with Crippen molar-refractivity contribution in [2.24, 2.45) is 11.8 Å². The molecule has 143 heavy (non-hydrogen) atoms. The van der Waals surface area contributed by atoms with Crippen LogP contribution in [0, 0.1) is 11.8 Å². The summed E-state index contributed by atoms with van der Waals surface area (Å²) in [7, 11) is 0. The van der Waals surface area contributed by atoms with E-state index < -0.39 is 245 Å². The maximum atomic E-state index is 14.0. The Morgan fingerprint density at radius 2 is 0.629 bits per heavy atom. The molecule has 0 spiro atoms. The zero-order valence-corrected chi connectivity index (χ0v) is 80.1. The number of nitrogens with one attached hydrogen (secondary N) is 5. The van der Waals surface area contributed by atoms with Crippen molar-refractivity contribution in [1.82, 2.24) is 26.6 Å². The summed E-state index contributed by atoms with van der Waals surface area (Å²) in [5.74, 6) is -1.51. The van der Waals surface area contributed by atoms with Gasteiger partial charge in [0.25, 0.3) is 0 Å². The third-order valence-electron chi connectivity index (χ3n) is 26.7. The van der Waals surface area contributed by atoms with Crippen LogP contribution >= 0.6 is 0 Å². The van der Waals surface area contributed by atoms with E-state index in [1.54, 1.807) is 106 Å². The Kier molecular flexibility index (Phi) is 38.8. The van der Waals surface area contributed by atoms with Gasteiger partial charge in [0.1, 0.15) is 137 Å². The van der Waals surface area contributed by atoms with E-state index in [0.29, 0.717) is 23.1 Å². The lowest BCUT2D eigenvalue weighted by Crippen LogP contribution is -2.68. The number of ether oxygens (including phenoxy) is 21. The van der Waals surface area contributed by atoms with E-state index in [1.165, 1.54) is 12.2 Å². The van der Waals surface area contributed by atoms with Gasteiger partial charge in [-0.05, 0) is 59.9 Å². The summed E-state index contributed by atoms with van der Waals surface area (Å²) >= 11 is 0. The number of hydrogen-bond acceptors (Lipinski definition) is 33. The van der Waals surface area contributed by atoms with Crippen LogP contribution in [-0.4, -0.2) is 282 Å². The number of fused-ring (bicyclic) bond motifs is 2. The maximum absolute atomic E-state index is 14.0. The van der Waals surface area contributed by atoms with E-state index in [-0.39, 0.29) is 85.1 Å². The molecule has 9 aliphatic rings. The Hall–Kier alpha value is -10.6. The summed E-state index contributed by atoms with van der Waals surface area (Å²) in [6, 6.07) is 58.1. The van der Waals surface area contributed by atoms with Crippen molar-refractivity contribution in [3.63, 3.8) is 0 Å². The molecule has 12 N–H and O–H groups in total. The topological polar surface area (TPSA) is 481 Å². The molecule has 35 unspecified atom stereocenters. The molecule has 16 rings (SSSR count). The lowest BCUT2D eigenvalue weighted by Gasteiger charge is -2.50. The molecule has 2 aliphatic carbocycles. The first-order valence-corrected chi connectivity index (χ1v) is 48.7. The largest absolute Gasteiger partial charge is 0.445 e. The summed E-state index contributed by atoms with van der Waals surface area (Å²) in [5, 5.41) is 96.5. The first-order chi connectivity index (χ1) is 69.4. The second-order valence-corrected chi connectivity index (χ2v) is 36.6. The molecule has 35 atom stereocenters. The van der Waals surface area contributed by atoms with E-state index in [2.05, 4.69) is 39.7 Å². The van der Waals surface area contributed by atoms with Crippen LogP contribution in [0.3, 0.4) is 0 Å². The smallest absolute Gasteiger partial charge is 0.407 e. The Bertz CT molecular complexity index is 5090. The quantitative estimate of drug-likeness (QED) is 0.0128. The second kappa shape index (κ2) is 52.0. The normalized spacial score (nSPS) is 34.5. The van der Waals surface area contributed by atoms with Gasteiger partial charge in [-0.2, -0.15) is 0 Å². The Balaban J connectivity index is 0.000000225. The van der Waals surface area contributed by atoms with Crippen molar-refractivity contribution in [2.45, 2.75) is 302 Å². The lowest BCUT2D eigenvalue weighted by atomic mass is 9.83. The number of carbonyl (C=O) groups excluding carboxylic acids is 5. The Morgan fingerprint density at radius 3 is 0.993 bits per heavy atom. The molecule has 9 fully saturated rings. The van der Waals surface area contributed by atoms with Crippen molar-refractivity contribution < 1.29 is 159 Å². The average molecular weight is 1990 g/mol. The van der Waals surface area contributed by atoms with Crippen molar-refractivity contribution in [2.75, 3.05) is 26.4 Å². The van der Waals surface area contributed by atoms with Crippen LogP contribution in [0.2, 0.25) is 0 Å². The molecular weight excluding hydrogens is 1860 g/mol. The number of carbonyl (C=O) groups is 5. The van der Waals surface area contributed by atoms with Crippen molar-refractivity contribution in [3.8, 4) is 0 Å². The molecule has 0 bridgehead atoms. The highest BCUT2D eigenvalue weighted by atomic mass is 16.8. The zero-order chi connectivity index (χ0) is 101. The van der Waals surface area contributed by atoms with Crippen LogP contribution in [0.1, 0.15) is 118 Å². The van der Waals surface area contributed by atoms with Crippen LogP contribution in [0.4, 0.5) is 24.0 Å². The van der Waals surface area contributed by atoms with Gasteiger partial charge in [-0.3, -0.25) is 0 Å². The fraction of sp³-hybridized carbons (Fsp3) is 0.514. The van der Waals surface area contributed by atoms with Gasteiger partial charge < -0.3 is 162 Å². The maximum Gasteiger partial charge on any atom is 0.407 e. The van der Waals surface area contributed by atoms with E-state index >= 15 is 0 Å². The van der Waals surface area contributed by atoms with Gasteiger partial charge in [0.05, 0.1) is 81.1 Å². The molecule has 5 amide bonds. The third-order valence-corrected chi connectivity index (χ3v) is 26.7. The molecule has 38 heteroatoms. The summed E-state index contributed by atoms with van der Waals surface area (Å²) in [6.45, 7) is 16.1. The number of benzene rings is 7. The molecule has 7 saturated heterocycles. The number of alkyl carbamates (subject to hydrolysis) is 5. The van der Waals surface area contributed by atoms with Gasteiger partial charge in [-0.25, -0.2) is 24.0 Å². The molecule has 7 aromatic carbocycles. The first kappa shape index (κ1) is 107. The summed E-state index contributed by atoms with van der Waals surface area (Å²) < 4.78 is 131. The van der Waals surface area contributed by atoms with Crippen LogP contribution in [0.15, 0.2) is 238 Å². The molecule has 0 aromatic heterocycles. The SMILES string of the molecule is C=CCOC1C(OC2C(O)C(NC(=O)OCc3ccccc3)CC(NC(=O)OCc3ccccc3)C2OC2OC3COC(c4ccccc4)OC3C(O)C2C)OC(CC)C1O.C=CCOC1C(OC2C(O)C(NC(=O)OCc3ccccc3)CC(NC(=O)OCc3ccccc3)C2OC2OC3COC(c4ccccc4)OC3C(O)C2C)OC(CC)C1OC1OC(CC)C(O)C(O)C1NC(=O)OCc1ccccc1. The standard InChI is InChI=1S/C60H75N3O19.C45H56N2O14/c1-5-28-71-53-51(81-56-44(48(67)47(66)41(6-2)76-56)63-60(70)75-32-37-24-16-10-17-25-37)42(7-3)77-57(53)82-52-46(65)39(61-58(68)73-30-35-20-12-8-13-21-35)29-40(62-59(69)74-31-36-22-14-9-15-23-36)49(52)79-54-34(4)45(64)50-43(78-54)33-72-55(80-50)38-26-18-11-19-27-38;1-4-21-53-40-36(50)32(5-2)57-43(40)61-39-35(49)30(46-44(51)55-23-27-15-9-6-10-16-27)22-31(47-45(52)56-24-28-17-11-7-12-18-28)37(39)59-41-26(3)34(48)38-33(58-41)25-54-42(60-38)29-19-13-8-14-20-29/h5,8-27,34,39-57,64-67H,1,6-7,28-33H2,2-4H3,(H,61,68)(H,62,69)(H,63,70);4,6-20,26,30-43,48-50H,1,5,21-25H2,2-3H3,(H,46,51)(H,47,52). The Morgan fingerprint density at radius 1 is 0.322 bits per heavy atom. The van der Waals surface area contributed by atoms with E-state index in [1.807, 2.05) is 141 Å². The van der Waals surface area contributed by atoms with Gasteiger partial charge in [-0.1, -0.05) is 259 Å². The number of aliphatic hydroxyl groups excluding tert-OH is 7. The minimum Gasteiger partial charge on any atom is -0.445 e. The van der Waals surface area contributed by atoms with Crippen LogP contribution in [0.5, 0.6) is 0 Å². The predicted octanol–water partition coefficient (Wildman–Crippen LogP) is 9.21. The molecule has 774 valence electrons. The minimum atomic E-state index is -1.65. The van der Waals surface area contributed by atoms with Gasteiger partial charge >= 0.3 is 30.5 Å². The molecule has 7 aromatic rings. The van der Waals surface area contributed by atoms with Crippen LogP contribution in [-0.2, 0) is 133 Å². The monoisotopic (exact) mass is 1990 g/mol. The van der Waals surface area contributed by atoms with Crippen molar-refractivity contribution >= 4 is 30.5 Å². The lowest BCUT2D eigenvalue weighted by molar-refractivity contribution is -0.366. The summed E-state index contributed by atoms with van der Waals surface area (Å²) in [5.41, 5.74) is 5.16. The number of amides is 5. The summed E-state index contributed by atoms with van der Waals surface area (Å²) in [4.78, 5) is 68.0. The van der Waals surface area contributed by atoms with Gasteiger partial charge in [0.15, 0.2) is 44.0 Å². The number of hydrogen-bond donors (Lipinski definition) is 12. The van der Waals surface area contributed by atoms with E-state index in [0.717, 1.165) is 22.3 Å². The molecule has 7 heterocycles. The molecular formula is C105H131N5O33. The average Bonchev–Trinajstić information content (AvgIpc) is 1.71. The molecule has 38 nitrogen and oxygen atoms in total. The summed E-state index contributed by atoms with van der Waals surface area (Å²) in [6.07, 6.45) is -32.7. The third kappa shape index (κ3) is 27.6. The van der Waals surface area contributed by atoms with Gasteiger partial charge in [0, 0.05) is 23.0 Å². The number of aliphatic hydroxyl groups is 7. The Labute approximate surface area is 829 Å². The minimum absolute atomic E-state index is 0.00858. The van der Waals surface area contributed by atoms with E-state index in [4.69, 9.17) is 99.5 Å². The van der Waals surface area contributed by atoms with Crippen LogP contribution < -0.4 is 26.6 Å². The van der Waals surface area contributed by atoms with Crippen molar-refractivity contribution in [3.05, 3.63) is 277 Å². The molecule has 0 radical (unpaired) electrons.